The Bertz CT molecular complexity index is 880. The van der Waals surface area contributed by atoms with Crippen LogP contribution in [0.15, 0.2) is 42.6 Å². The van der Waals surface area contributed by atoms with Gasteiger partial charge in [0.05, 0.1) is 16.8 Å². The number of aryl methyl sites for hydroxylation is 1. The van der Waals surface area contributed by atoms with E-state index in [-0.39, 0.29) is 11.9 Å². The fourth-order valence-corrected chi connectivity index (χ4v) is 4.06. The molecule has 1 aromatic carbocycles. The quantitative estimate of drug-likeness (QED) is 0.850. The van der Waals surface area contributed by atoms with Crippen molar-refractivity contribution in [2.75, 3.05) is 11.5 Å². The highest BCUT2D eigenvalue weighted by molar-refractivity contribution is 8.00. The fourth-order valence-electron chi connectivity index (χ4n) is 3.43. The molecule has 0 bridgehead atoms. The molecule has 0 unspecified atom stereocenters. The van der Waals surface area contributed by atoms with Crippen molar-refractivity contribution in [3.05, 3.63) is 65.0 Å². The SMILES string of the molecule is O=C(NC1CSC1)C1=CCCc2ccn(Cc3ccc(C(F)(F)F)cc3)c21. The van der Waals surface area contributed by atoms with Crippen LogP contribution >= 0.6 is 11.8 Å². The van der Waals surface area contributed by atoms with Crippen molar-refractivity contribution in [3.63, 3.8) is 0 Å². The molecule has 4 rings (SSSR count). The average molecular weight is 392 g/mol. The van der Waals surface area contributed by atoms with E-state index < -0.39 is 11.7 Å². The summed E-state index contributed by atoms with van der Waals surface area (Å²) in [4.78, 5) is 12.7. The lowest BCUT2D eigenvalue weighted by molar-refractivity contribution is -0.137. The van der Waals surface area contributed by atoms with Gasteiger partial charge in [0.2, 0.25) is 0 Å². The van der Waals surface area contributed by atoms with Crippen LogP contribution in [0.1, 0.15) is 28.8 Å². The number of allylic oxidation sites excluding steroid dienone is 1. The zero-order valence-electron chi connectivity index (χ0n) is 14.6. The lowest BCUT2D eigenvalue weighted by Gasteiger charge is -2.27. The van der Waals surface area contributed by atoms with E-state index in [1.165, 1.54) is 12.1 Å². The molecule has 142 valence electrons. The van der Waals surface area contributed by atoms with Gasteiger partial charge in [0.1, 0.15) is 0 Å². The van der Waals surface area contributed by atoms with E-state index in [2.05, 4.69) is 5.32 Å². The normalized spacial score (nSPS) is 17.1. The molecule has 0 saturated carbocycles. The van der Waals surface area contributed by atoms with Crippen molar-refractivity contribution < 1.29 is 18.0 Å². The van der Waals surface area contributed by atoms with Crippen LogP contribution in [-0.4, -0.2) is 28.0 Å². The molecule has 27 heavy (non-hydrogen) atoms. The number of carbonyl (C=O) groups is 1. The van der Waals surface area contributed by atoms with E-state index in [1.54, 1.807) is 0 Å². The molecule has 3 nitrogen and oxygen atoms in total. The molecule has 1 aliphatic carbocycles. The van der Waals surface area contributed by atoms with Crippen molar-refractivity contribution in [2.45, 2.75) is 31.6 Å². The summed E-state index contributed by atoms with van der Waals surface area (Å²) >= 11 is 1.81. The molecule has 1 aliphatic heterocycles. The minimum Gasteiger partial charge on any atom is -0.348 e. The van der Waals surface area contributed by atoms with Crippen LogP contribution in [0.25, 0.3) is 5.57 Å². The Balaban J connectivity index is 1.56. The average Bonchev–Trinajstić information content (AvgIpc) is 3.01. The van der Waals surface area contributed by atoms with Crippen molar-refractivity contribution in [3.8, 4) is 0 Å². The number of benzene rings is 1. The maximum atomic E-state index is 12.7. The monoisotopic (exact) mass is 392 g/mol. The number of amides is 1. The predicted octanol–water partition coefficient (Wildman–Crippen LogP) is 4.12. The first-order chi connectivity index (χ1) is 12.9. The number of halogens is 3. The van der Waals surface area contributed by atoms with Crippen LogP contribution in [0.5, 0.6) is 0 Å². The molecule has 0 spiro atoms. The standard InChI is InChI=1S/C20H19F3N2OS/c21-20(22,23)15-6-4-13(5-7-15)10-25-9-8-14-2-1-3-17(18(14)25)19(26)24-16-11-27-12-16/h3-9,16H,1-2,10-12H2,(H,24,26). The number of aromatic nitrogens is 1. The van der Waals surface area contributed by atoms with Gasteiger partial charge in [-0.25, -0.2) is 0 Å². The summed E-state index contributed by atoms with van der Waals surface area (Å²) in [5, 5.41) is 3.07. The maximum Gasteiger partial charge on any atom is 0.416 e. The summed E-state index contributed by atoms with van der Waals surface area (Å²) in [6.45, 7) is 0.428. The number of nitrogens with one attached hydrogen (secondary N) is 1. The first kappa shape index (κ1) is 18.2. The van der Waals surface area contributed by atoms with Crippen molar-refractivity contribution in [1.82, 2.24) is 9.88 Å². The number of alkyl halides is 3. The number of hydrogen-bond acceptors (Lipinski definition) is 2. The summed E-state index contributed by atoms with van der Waals surface area (Å²) in [6.07, 6.45) is 1.23. The Labute approximate surface area is 159 Å². The van der Waals surface area contributed by atoms with Gasteiger partial charge < -0.3 is 9.88 Å². The van der Waals surface area contributed by atoms with Crippen molar-refractivity contribution >= 4 is 23.2 Å². The summed E-state index contributed by atoms with van der Waals surface area (Å²) in [6, 6.07) is 7.41. The summed E-state index contributed by atoms with van der Waals surface area (Å²) in [5.41, 5.74) is 2.77. The summed E-state index contributed by atoms with van der Waals surface area (Å²) in [7, 11) is 0. The minimum absolute atomic E-state index is 0.0615. The van der Waals surface area contributed by atoms with Gasteiger partial charge in [-0.2, -0.15) is 24.9 Å². The van der Waals surface area contributed by atoms with E-state index in [1.807, 2.05) is 34.7 Å². The van der Waals surface area contributed by atoms with Gasteiger partial charge in [-0.05, 0) is 42.2 Å². The molecule has 1 saturated heterocycles. The first-order valence-electron chi connectivity index (χ1n) is 8.85. The van der Waals surface area contributed by atoms with Gasteiger partial charge in [0, 0.05) is 30.3 Å². The van der Waals surface area contributed by atoms with Gasteiger partial charge in [-0.1, -0.05) is 18.2 Å². The number of nitrogens with zero attached hydrogens (tertiary/aromatic N) is 1. The van der Waals surface area contributed by atoms with Crippen LogP contribution in [0, 0.1) is 0 Å². The molecule has 1 amide bonds. The fraction of sp³-hybridized carbons (Fsp3) is 0.350. The van der Waals surface area contributed by atoms with Gasteiger partial charge in [0.25, 0.3) is 5.91 Å². The maximum absolute atomic E-state index is 12.7. The molecule has 1 N–H and O–H groups in total. The lowest BCUT2D eigenvalue weighted by atomic mass is 9.96. The first-order valence-corrected chi connectivity index (χ1v) is 10.0. The number of rotatable bonds is 4. The highest BCUT2D eigenvalue weighted by atomic mass is 32.2. The van der Waals surface area contributed by atoms with Gasteiger partial charge in [0.15, 0.2) is 0 Å². The Morgan fingerprint density at radius 3 is 2.56 bits per heavy atom. The second-order valence-electron chi connectivity index (χ2n) is 6.88. The van der Waals surface area contributed by atoms with Crippen molar-refractivity contribution in [1.29, 1.82) is 0 Å². The summed E-state index contributed by atoms with van der Waals surface area (Å²) in [5.74, 6) is 1.82. The van der Waals surface area contributed by atoms with Gasteiger partial charge >= 0.3 is 6.18 Å². The molecule has 1 aromatic heterocycles. The van der Waals surface area contributed by atoms with Crippen LogP contribution in [-0.2, 0) is 23.9 Å². The smallest absolute Gasteiger partial charge is 0.348 e. The minimum atomic E-state index is -4.33. The number of hydrogen-bond donors (Lipinski definition) is 1. The zero-order valence-corrected chi connectivity index (χ0v) is 15.4. The molecule has 7 heteroatoms. The van der Waals surface area contributed by atoms with Gasteiger partial charge in [-0.15, -0.1) is 0 Å². The third-order valence-corrected chi connectivity index (χ3v) is 6.19. The second-order valence-corrected chi connectivity index (χ2v) is 7.95. The van der Waals surface area contributed by atoms with E-state index in [0.717, 1.165) is 53.3 Å². The third-order valence-electron chi connectivity index (χ3n) is 4.92. The molecule has 2 aromatic rings. The van der Waals surface area contributed by atoms with Crippen molar-refractivity contribution in [2.24, 2.45) is 0 Å². The highest BCUT2D eigenvalue weighted by Crippen LogP contribution is 2.31. The molecule has 1 fully saturated rings. The Kier molecular flexibility index (Phi) is 4.80. The van der Waals surface area contributed by atoms with Crippen LogP contribution in [0.4, 0.5) is 13.2 Å². The Morgan fingerprint density at radius 1 is 1.19 bits per heavy atom. The van der Waals surface area contributed by atoms with E-state index in [0.29, 0.717) is 12.1 Å². The van der Waals surface area contributed by atoms with Crippen LogP contribution in [0.2, 0.25) is 0 Å². The highest BCUT2D eigenvalue weighted by Gasteiger charge is 2.30. The molecular formula is C20H19F3N2OS. The predicted molar refractivity (Wildman–Crippen MR) is 101 cm³/mol. The van der Waals surface area contributed by atoms with E-state index >= 15 is 0 Å². The summed E-state index contributed by atoms with van der Waals surface area (Å²) < 4.78 is 40.2. The van der Waals surface area contributed by atoms with E-state index in [4.69, 9.17) is 0 Å². The number of fused-ring (bicyclic) bond motifs is 1. The van der Waals surface area contributed by atoms with Crippen LogP contribution in [0.3, 0.4) is 0 Å². The molecular weight excluding hydrogens is 373 g/mol. The second kappa shape index (κ2) is 7.11. The zero-order chi connectivity index (χ0) is 19.0. The molecule has 2 aliphatic rings. The lowest BCUT2D eigenvalue weighted by Crippen LogP contribution is -2.44. The molecule has 0 radical (unpaired) electrons. The third kappa shape index (κ3) is 3.78. The van der Waals surface area contributed by atoms with Crippen LogP contribution < -0.4 is 5.32 Å². The molecule has 2 heterocycles. The Morgan fingerprint density at radius 2 is 1.93 bits per heavy atom. The molecule has 0 atom stereocenters. The Hall–Kier alpha value is -2.15. The number of thioether (sulfide) groups is 1. The largest absolute Gasteiger partial charge is 0.416 e. The van der Waals surface area contributed by atoms with E-state index in [9.17, 15) is 18.0 Å². The topological polar surface area (TPSA) is 34.0 Å². The number of carbonyl (C=O) groups excluding carboxylic acids is 1. The van der Waals surface area contributed by atoms with Gasteiger partial charge in [-0.3, -0.25) is 4.79 Å².